The summed E-state index contributed by atoms with van der Waals surface area (Å²) in [5.41, 5.74) is 1.48. The van der Waals surface area contributed by atoms with Crippen LogP contribution < -0.4 is 15.0 Å². The van der Waals surface area contributed by atoms with E-state index < -0.39 is 11.4 Å². The van der Waals surface area contributed by atoms with E-state index in [0.29, 0.717) is 60.4 Å². The Hall–Kier alpha value is -4.08. The van der Waals surface area contributed by atoms with Gasteiger partial charge >= 0.3 is 6.09 Å². The first-order chi connectivity index (χ1) is 17.6. The highest BCUT2D eigenvalue weighted by Crippen LogP contribution is 2.40. The number of benzene rings is 2. The number of ether oxygens (including phenoxy) is 2. The number of carbonyl (C=O) groups excluding carboxylic acids is 2. The summed E-state index contributed by atoms with van der Waals surface area (Å²) in [4.78, 5) is 31.7. The van der Waals surface area contributed by atoms with Crippen molar-refractivity contribution in [1.29, 1.82) is 0 Å². The van der Waals surface area contributed by atoms with E-state index >= 15 is 0 Å². The zero-order valence-corrected chi connectivity index (χ0v) is 21.6. The van der Waals surface area contributed by atoms with Gasteiger partial charge in [-0.15, -0.1) is 0 Å². The third-order valence-corrected chi connectivity index (χ3v) is 5.77. The van der Waals surface area contributed by atoms with Crippen LogP contribution in [0.4, 0.5) is 20.9 Å². The van der Waals surface area contributed by atoms with Crippen molar-refractivity contribution >= 4 is 23.7 Å². The number of hydrogen-bond donors (Lipinski definition) is 1. The van der Waals surface area contributed by atoms with Crippen molar-refractivity contribution in [3.8, 4) is 28.2 Å². The van der Waals surface area contributed by atoms with E-state index in [2.05, 4.69) is 10.3 Å². The zero-order chi connectivity index (χ0) is 26.7. The van der Waals surface area contributed by atoms with Gasteiger partial charge in [-0.2, -0.15) is 0 Å². The zero-order valence-electron chi connectivity index (χ0n) is 21.6. The Morgan fingerprint density at radius 3 is 2.41 bits per heavy atom. The summed E-state index contributed by atoms with van der Waals surface area (Å²) in [7, 11) is 1.54. The van der Waals surface area contributed by atoms with Gasteiger partial charge in [0.05, 0.1) is 24.6 Å². The fourth-order valence-corrected chi connectivity index (χ4v) is 4.09. The molecule has 0 unspecified atom stereocenters. The molecule has 0 bridgehead atoms. The Kier molecular flexibility index (Phi) is 7.37. The van der Waals surface area contributed by atoms with E-state index in [1.54, 1.807) is 17.2 Å². The lowest BCUT2D eigenvalue weighted by atomic mass is 10.00. The molecule has 2 amide bonds. The van der Waals surface area contributed by atoms with Crippen LogP contribution in [-0.4, -0.2) is 60.8 Å². The van der Waals surface area contributed by atoms with E-state index in [1.165, 1.54) is 26.2 Å². The van der Waals surface area contributed by atoms with Crippen molar-refractivity contribution in [3.05, 3.63) is 48.4 Å². The molecule has 2 heterocycles. The monoisotopic (exact) mass is 510 g/mol. The minimum atomic E-state index is -0.548. The van der Waals surface area contributed by atoms with Crippen LogP contribution >= 0.6 is 0 Å². The number of aromatic nitrogens is 1. The second kappa shape index (κ2) is 10.5. The lowest BCUT2D eigenvalue weighted by Crippen LogP contribution is -2.50. The summed E-state index contributed by atoms with van der Waals surface area (Å²) in [5.74, 6) is 0.108. The lowest BCUT2D eigenvalue weighted by Gasteiger charge is -2.34. The molecule has 1 N–H and O–H groups in total. The van der Waals surface area contributed by atoms with Gasteiger partial charge in [0.15, 0.2) is 5.76 Å². The number of methoxy groups -OCH3 is 1. The highest BCUT2D eigenvalue weighted by molar-refractivity contribution is 5.89. The van der Waals surface area contributed by atoms with Crippen LogP contribution in [0.3, 0.4) is 0 Å². The first kappa shape index (κ1) is 26.0. The molecule has 4 rings (SSSR count). The number of nitrogens with one attached hydrogen (secondary N) is 1. The summed E-state index contributed by atoms with van der Waals surface area (Å²) in [6, 6.07) is 10.5. The Labute approximate surface area is 215 Å². The second-order valence-corrected chi connectivity index (χ2v) is 9.72. The van der Waals surface area contributed by atoms with Crippen LogP contribution in [0, 0.1) is 5.82 Å². The Morgan fingerprint density at radius 2 is 1.78 bits per heavy atom. The maximum Gasteiger partial charge on any atom is 0.410 e. The maximum absolute atomic E-state index is 14.6. The summed E-state index contributed by atoms with van der Waals surface area (Å²) in [5, 5.41) is 2.47. The van der Waals surface area contributed by atoms with Gasteiger partial charge in [0.2, 0.25) is 5.91 Å². The third kappa shape index (κ3) is 6.02. The smallest absolute Gasteiger partial charge is 0.410 e. The Morgan fingerprint density at radius 1 is 1.08 bits per heavy atom. The van der Waals surface area contributed by atoms with Crippen LogP contribution in [0.1, 0.15) is 27.7 Å². The molecule has 1 aliphatic rings. The number of rotatable bonds is 5. The van der Waals surface area contributed by atoms with Gasteiger partial charge in [-0.3, -0.25) is 4.79 Å². The molecule has 0 radical (unpaired) electrons. The lowest BCUT2D eigenvalue weighted by molar-refractivity contribution is -0.114. The third-order valence-electron chi connectivity index (χ3n) is 5.77. The Bertz CT molecular complexity index is 1290. The van der Waals surface area contributed by atoms with Gasteiger partial charge in [-0.25, -0.2) is 14.2 Å². The van der Waals surface area contributed by atoms with E-state index in [-0.39, 0.29) is 17.7 Å². The van der Waals surface area contributed by atoms with Gasteiger partial charge in [-0.05, 0) is 44.5 Å². The molecule has 0 spiro atoms. The van der Waals surface area contributed by atoms with Crippen LogP contribution in [-0.2, 0) is 9.53 Å². The van der Waals surface area contributed by atoms with Crippen molar-refractivity contribution < 1.29 is 27.9 Å². The summed E-state index contributed by atoms with van der Waals surface area (Å²) >= 11 is 0. The van der Waals surface area contributed by atoms with Crippen LogP contribution in [0.15, 0.2) is 47.0 Å². The van der Waals surface area contributed by atoms with Crippen LogP contribution in [0.2, 0.25) is 0 Å². The van der Waals surface area contributed by atoms with E-state index in [4.69, 9.17) is 13.9 Å². The number of carbonyl (C=O) groups is 2. The molecular formula is C27H31FN4O5. The van der Waals surface area contributed by atoms with Crippen molar-refractivity contribution in [1.82, 2.24) is 9.88 Å². The predicted molar refractivity (Wildman–Crippen MR) is 138 cm³/mol. The molecule has 1 aliphatic heterocycles. The quantitative estimate of drug-likeness (QED) is 0.506. The molecule has 10 heteroatoms. The number of hydrogen-bond acceptors (Lipinski definition) is 7. The van der Waals surface area contributed by atoms with Gasteiger partial charge in [0.1, 0.15) is 17.2 Å². The highest BCUT2D eigenvalue weighted by Gasteiger charge is 2.28. The SMILES string of the molecule is COc1c(-c2ccc(NC(C)=O)c(F)c2)cccc1-c1cnc(N2CCN(C(=O)OC(C)(C)C)CC2)o1. The number of oxazole rings is 1. The number of piperazine rings is 1. The average Bonchev–Trinajstić information content (AvgIpc) is 3.34. The topological polar surface area (TPSA) is 97.1 Å². The molecule has 2 aromatic carbocycles. The first-order valence-electron chi connectivity index (χ1n) is 12.0. The number of anilines is 2. The average molecular weight is 511 g/mol. The number of para-hydroxylation sites is 1. The molecule has 1 aromatic heterocycles. The number of amides is 2. The molecule has 3 aromatic rings. The first-order valence-corrected chi connectivity index (χ1v) is 12.0. The van der Waals surface area contributed by atoms with Gasteiger partial charge < -0.3 is 29.0 Å². The highest BCUT2D eigenvalue weighted by atomic mass is 19.1. The number of halogens is 1. The van der Waals surface area contributed by atoms with Crippen LogP contribution in [0.5, 0.6) is 5.75 Å². The van der Waals surface area contributed by atoms with Crippen molar-refractivity contribution in [2.24, 2.45) is 0 Å². The predicted octanol–water partition coefficient (Wildman–Crippen LogP) is 5.17. The molecule has 1 fully saturated rings. The minimum absolute atomic E-state index is 0.109. The van der Waals surface area contributed by atoms with Crippen LogP contribution in [0.25, 0.3) is 22.5 Å². The summed E-state index contributed by atoms with van der Waals surface area (Å²) in [6.45, 7) is 8.94. The van der Waals surface area contributed by atoms with Gasteiger partial charge in [0.25, 0.3) is 6.01 Å². The van der Waals surface area contributed by atoms with E-state index in [1.807, 2.05) is 43.9 Å². The van der Waals surface area contributed by atoms with Gasteiger partial charge in [-0.1, -0.05) is 18.2 Å². The fraction of sp³-hybridized carbons (Fsp3) is 0.370. The number of nitrogens with zero attached hydrogens (tertiary/aromatic N) is 3. The molecule has 37 heavy (non-hydrogen) atoms. The second-order valence-electron chi connectivity index (χ2n) is 9.72. The fourth-order valence-electron chi connectivity index (χ4n) is 4.09. The standard InChI is InChI=1S/C27H31FN4O5/c1-17(33)30-22-10-9-18(15-21(22)28)19-7-6-8-20(24(19)35-5)23-16-29-25(36-23)31-11-13-32(14-12-31)26(34)37-27(2,3)4/h6-10,15-16H,11-14H2,1-5H3,(H,30,33). The molecule has 0 saturated carbocycles. The van der Waals surface area contributed by atoms with Crippen molar-refractivity contribution in [2.45, 2.75) is 33.3 Å². The molecule has 0 aliphatic carbocycles. The van der Waals surface area contributed by atoms with Gasteiger partial charge in [0, 0.05) is 38.7 Å². The normalized spacial score (nSPS) is 13.9. The molecule has 0 atom stereocenters. The van der Waals surface area contributed by atoms with Crippen molar-refractivity contribution in [2.75, 3.05) is 43.5 Å². The minimum Gasteiger partial charge on any atom is -0.495 e. The van der Waals surface area contributed by atoms with Crippen molar-refractivity contribution in [3.63, 3.8) is 0 Å². The molecule has 196 valence electrons. The Balaban J connectivity index is 1.53. The van der Waals surface area contributed by atoms with E-state index in [9.17, 15) is 14.0 Å². The summed E-state index contributed by atoms with van der Waals surface area (Å²) in [6.07, 6.45) is 1.29. The van der Waals surface area contributed by atoms with E-state index in [0.717, 1.165) is 0 Å². The summed E-state index contributed by atoms with van der Waals surface area (Å²) < 4.78 is 31.8. The molecule has 9 nitrogen and oxygen atoms in total. The molecular weight excluding hydrogens is 479 g/mol. The molecule has 1 saturated heterocycles. The maximum atomic E-state index is 14.6. The largest absolute Gasteiger partial charge is 0.495 e.